The van der Waals surface area contributed by atoms with Crippen molar-refractivity contribution in [3.63, 3.8) is 0 Å². The molecule has 2 aromatic carbocycles. The van der Waals surface area contributed by atoms with Crippen LogP contribution in [0.15, 0.2) is 78.0 Å². The molecule has 166 valence electrons. The van der Waals surface area contributed by atoms with Gasteiger partial charge in [-0.2, -0.15) is 0 Å². The van der Waals surface area contributed by atoms with Gasteiger partial charge in [-0.25, -0.2) is 0 Å². The molecule has 3 rings (SSSR count). The largest absolute Gasteiger partial charge is 0.455 e. The molecule has 1 aromatic heterocycles. The van der Waals surface area contributed by atoms with Crippen LogP contribution in [0.5, 0.6) is 0 Å². The van der Waals surface area contributed by atoms with Crippen LogP contribution < -0.4 is 0 Å². The van der Waals surface area contributed by atoms with Gasteiger partial charge in [0, 0.05) is 24.3 Å². The highest BCUT2D eigenvalue weighted by molar-refractivity contribution is 7.99. The van der Waals surface area contributed by atoms with Gasteiger partial charge in [0.05, 0.1) is 5.75 Å². The summed E-state index contributed by atoms with van der Waals surface area (Å²) in [5.41, 5.74) is 2.68. The van der Waals surface area contributed by atoms with E-state index in [-0.39, 0.29) is 18.3 Å². The van der Waals surface area contributed by atoms with E-state index in [1.54, 1.807) is 4.90 Å². The van der Waals surface area contributed by atoms with Gasteiger partial charge in [0.1, 0.15) is 0 Å². The second-order valence-electron chi connectivity index (χ2n) is 7.16. The second-order valence-corrected chi connectivity index (χ2v) is 8.10. The molecular formula is C24H26N4O3S. The zero-order valence-electron chi connectivity index (χ0n) is 18.2. The van der Waals surface area contributed by atoms with Gasteiger partial charge in [0.15, 0.2) is 17.6 Å². The van der Waals surface area contributed by atoms with E-state index >= 15 is 0 Å². The van der Waals surface area contributed by atoms with Gasteiger partial charge >= 0.3 is 5.97 Å². The number of thioether (sulfide) groups is 1. The minimum Gasteiger partial charge on any atom is -0.455 e. The third-order valence-corrected chi connectivity index (χ3v) is 5.45. The Balaban J connectivity index is 1.69. The highest BCUT2D eigenvalue weighted by Gasteiger charge is 2.19. The third-order valence-electron chi connectivity index (χ3n) is 4.55. The number of hydrogen-bond acceptors (Lipinski definition) is 6. The summed E-state index contributed by atoms with van der Waals surface area (Å²) in [6, 6.07) is 19.5. The quantitative estimate of drug-likeness (QED) is 0.264. The molecule has 0 atom stereocenters. The smallest absolute Gasteiger partial charge is 0.316 e. The van der Waals surface area contributed by atoms with Gasteiger partial charge in [-0.3, -0.25) is 14.2 Å². The van der Waals surface area contributed by atoms with Crippen molar-refractivity contribution in [1.82, 2.24) is 19.7 Å². The monoisotopic (exact) mass is 450 g/mol. The summed E-state index contributed by atoms with van der Waals surface area (Å²) in [4.78, 5) is 26.2. The maximum Gasteiger partial charge on any atom is 0.316 e. The van der Waals surface area contributed by atoms with Crippen LogP contribution in [0.3, 0.4) is 0 Å². The topological polar surface area (TPSA) is 77.3 Å². The van der Waals surface area contributed by atoms with E-state index in [1.165, 1.54) is 11.8 Å². The average molecular weight is 451 g/mol. The van der Waals surface area contributed by atoms with Gasteiger partial charge < -0.3 is 9.64 Å². The van der Waals surface area contributed by atoms with Crippen molar-refractivity contribution in [3.05, 3.63) is 72.8 Å². The predicted molar refractivity (Wildman–Crippen MR) is 126 cm³/mol. The zero-order chi connectivity index (χ0) is 22.9. The van der Waals surface area contributed by atoms with E-state index in [1.807, 2.05) is 79.1 Å². The Hall–Kier alpha value is -3.39. The maximum atomic E-state index is 12.3. The lowest BCUT2D eigenvalue weighted by Gasteiger charge is -2.20. The number of nitrogens with zero attached hydrogens (tertiary/aromatic N) is 4. The number of hydrogen-bond donors (Lipinski definition) is 0. The maximum absolute atomic E-state index is 12.3. The Morgan fingerprint density at radius 2 is 1.72 bits per heavy atom. The Bertz CT molecular complexity index is 1070. The number of carbonyl (C=O) groups excluding carboxylic acids is 2. The Morgan fingerprint density at radius 1 is 1.06 bits per heavy atom. The molecule has 7 nitrogen and oxygen atoms in total. The zero-order valence-corrected chi connectivity index (χ0v) is 19.0. The number of rotatable bonds is 10. The molecule has 0 spiro atoms. The van der Waals surface area contributed by atoms with Crippen LogP contribution in [0, 0.1) is 0 Å². The first kappa shape index (κ1) is 23.3. The molecule has 1 amide bonds. The van der Waals surface area contributed by atoms with Crippen molar-refractivity contribution < 1.29 is 14.3 Å². The van der Waals surface area contributed by atoms with E-state index in [4.69, 9.17) is 4.74 Å². The van der Waals surface area contributed by atoms with Crippen LogP contribution in [-0.2, 0) is 14.3 Å². The Morgan fingerprint density at radius 3 is 2.34 bits per heavy atom. The number of likely N-dealkylation sites (N-methyl/N-ethyl adjacent to an activating group) is 1. The number of para-hydroxylation sites is 1. The van der Waals surface area contributed by atoms with Gasteiger partial charge in [0.2, 0.25) is 0 Å². The van der Waals surface area contributed by atoms with Crippen LogP contribution in [0.25, 0.3) is 17.1 Å². The van der Waals surface area contributed by atoms with Crippen molar-refractivity contribution in [1.29, 1.82) is 0 Å². The fourth-order valence-electron chi connectivity index (χ4n) is 3.05. The molecule has 0 saturated carbocycles. The molecule has 0 fully saturated rings. The fraction of sp³-hybridized carbons (Fsp3) is 0.250. The van der Waals surface area contributed by atoms with E-state index in [9.17, 15) is 9.59 Å². The van der Waals surface area contributed by atoms with Gasteiger partial charge in [0.25, 0.3) is 5.91 Å². The summed E-state index contributed by atoms with van der Waals surface area (Å²) in [7, 11) is 0. The first-order valence-electron chi connectivity index (χ1n) is 10.3. The van der Waals surface area contributed by atoms with Crippen LogP contribution in [0.4, 0.5) is 0 Å². The highest BCUT2D eigenvalue weighted by Crippen LogP contribution is 2.27. The molecule has 0 unspecified atom stereocenters. The van der Waals surface area contributed by atoms with Crippen molar-refractivity contribution in [2.24, 2.45) is 0 Å². The summed E-state index contributed by atoms with van der Waals surface area (Å²) in [6.45, 7) is 8.23. The fourth-order valence-corrected chi connectivity index (χ4v) is 3.80. The number of ether oxygens (including phenoxy) is 1. The molecule has 0 aliphatic carbocycles. The summed E-state index contributed by atoms with van der Waals surface area (Å²) in [6.07, 6.45) is 0. The van der Waals surface area contributed by atoms with Crippen LogP contribution in [0.2, 0.25) is 0 Å². The lowest BCUT2D eigenvalue weighted by molar-refractivity contribution is -0.149. The number of esters is 1. The number of carbonyl (C=O) groups is 2. The minimum atomic E-state index is -0.487. The number of aromatic nitrogens is 3. The average Bonchev–Trinajstić information content (AvgIpc) is 3.24. The molecular weight excluding hydrogens is 424 g/mol. The predicted octanol–water partition coefficient (Wildman–Crippen LogP) is 3.99. The van der Waals surface area contributed by atoms with Gasteiger partial charge in [-0.1, -0.05) is 72.4 Å². The molecule has 0 saturated heterocycles. The normalized spacial score (nSPS) is 10.6. The SMILES string of the molecule is C=C(C)CN(CC)C(=O)COC(=O)CSc1nnc(-c2ccccc2)n1-c1ccccc1. The molecule has 3 aromatic rings. The van der Waals surface area contributed by atoms with E-state index < -0.39 is 5.97 Å². The minimum absolute atomic E-state index is 0.0135. The third kappa shape index (κ3) is 6.07. The molecule has 0 bridgehead atoms. The summed E-state index contributed by atoms with van der Waals surface area (Å²) >= 11 is 1.22. The molecule has 8 heteroatoms. The summed E-state index contributed by atoms with van der Waals surface area (Å²) < 4.78 is 7.10. The lowest BCUT2D eigenvalue weighted by Crippen LogP contribution is -2.35. The van der Waals surface area contributed by atoms with Crippen molar-refractivity contribution in [3.8, 4) is 17.1 Å². The van der Waals surface area contributed by atoms with Crippen molar-refractivity contribution in [2.45, 2.75) is 19.0 Å². The highest BCUT2D eigenvalue weighted by atomic mass is 32.2. The first-order valence-corrected chi connectivity index (χ1v) is 11.2. The molecule has 32 heavy (non-hydrogen) atoms. The van der Waals surface area contributed by atoms with Crippen LogP contribution in [-0.4, -0.2) is 57.0 Å². The van der Waals surface area contributed by atoms with E-state index in [0.29, 0.717) is 24.1 Å². The lowest BCUT2D eigenvalue weighted by atomic mass is 10.2. The summed E-state index contributed by atoms with van der Waals surface area (Å²) in [5.74, 6) is -0.0351. The Kier molecular flexibility index (Phi) is 8.21. The molecule has 0 radical (unpaired) electrons. The van der Waals surface area contributed by atoms with E-state index in [0.717, 1.165) is 16.8 Å². The number of benzene rings is 2. The van der Waals surface area contributed by atoms with E-state index in [2.05, 4.69) is 16.8 Å². The van der Waals surface area contributed by atoms with Gasteiger partial charge in [-0.15, -0.1) is 10.2 Å². The molecule has 0 aliphatic heterocycles. The molecule has 1 heterocycles. The van der Waals surface area contributed by atoms with Crippen molar-refractivity contribution in [2.75, 3.05) is 25.4 Å². The number of amides is 1. The van der Waals surface area contributed by atoms with Gasteiger partial charge in [-0.05, 0) is 26.0 Å². The Labute approximate surface area is 192 Å². The molecule has 0 N–H and O–H groups in total. The molecule has 0 aliphatic rings. The van der Waals surface area contributed by atoms with Crippen LogP contribution >= 0.6 is 11.8 Å². The van der Waals surface area contributed by atoms with Crippen LogP contribution in [0.1, 0.15) is 13.8 Å². The second kappa shape index (κ2) is 11.3. The van der Waals surface area contributed by atoms with Crippen molar-refractivity contribution >= 4 is 23.6 Å². The first-order chi connectivity index (χ1) is 15.5. The standard InChI is InChI=1S/C24H26N4O3S/c1-4-27(15-18(2)3)21(29)16-31-22(30)17-32-24-26-25-23(19-11-7-5-8-12-19)28(24)20-13-9-6-10-14-20/h5-14H,2,4,15-17H2,1,3H3. The summed E-state index contributed by atoms with van der Waals surface area (Å²) in [5, 5.41) is 9.21.